The highest BCUT2D eigenvalue weighted by atomic mass is 32.2. The Balaban J connectivity index is 1.65. The molecule has 0 spiro atoms. The van der Waals surface area contributed by atoms with Crippen LogP contribution in [0.1, 0.15) is 66.3 Å². The molecule has 13 nitrogen and oxygen atoms in total. The summed E-state index contributed by atoms with van der Waals surface area (Å²) >= 11 is 1.09. The number of hydrogen-bond acceptors (Lipinski definition) is 11. The van der Waals surface area contributed by atoms with Gasteiger partial charge in [0.2, 0.25) is 0 Å². The number of anilines is 1. The van der Waals surface area contributed by atoms with Crippen LogP contribution in [0.2, 0.25) is 0 Å². The minimum Gasteiger partial charge on any atom is -0.460 e. The molecule has 0 radical (unpaired) electrons. The summed E-state index contributed by atoms with van der Waals surface area (Å²) in [5.41, 5.74) is -2.05. The maximum absolute atomic E-state index is 15.5. The number of benzene rings is 1. The van der Waals surface area contributed by atoms with Gasteiger partial charge >= 0.3 is 32.0 Å². The van der Waals surface area contributed by atoms with Crippen LogP contribution in [-0.4, -0.2) is 63.0 Å². The van der Waals surface area contributed by atoms with Crippen molar-refractivity contribution in [2.75, 3.05) is 11.5 Å². The molecule has 1 aliphatic heterocycles. The van der Waals surface area contributed by atoms with Crippen molar-refractivity contribution in [3.63, 3.8) is 0 Å². The van der Waals surface area contributed by atoms with E-state index in [1.807, 2.05) is 30.3 Å². The number of carbonyl (C=O) groups is 3. The van der Waals surface area contributed by atoms with Crippen molar-refractivity contribution in [2.45, 2.75) is 96.0 Å². The second-order valence-corrected chi connectivity index (χ2v) is 15.0. The lowest BCUT2D eigenvalue weighted by molar-refractivity contribution is -0.146. The van der Waals surface area contributed by atoms with Crippen molar-refractivity contribution in [3.05, 3.63) is 58.6 Å². The van der Waals surface area contributed by atoms with Crippen LogP contribution in [0.3, 0.4) is 0 Å². The Labute approximate surface area is 272 Å². The summed E-state index contributed by atoms with van der Waals surface area (Å²) in [5.74, 6) is -1.58. The Bertz CT molecular complexity index is 1440. The Morgan fingerprint density at radius 1 is 1.07 bits per heavy atom. The van der Waals surface area contributed by atoms with E-state index in [4.69, 9.17) is 18.7 Å². The second kappa shape index (κ2) is 15.5. The number of nitrogens with one attached hydrogen (secondary N) is 1. The van der Waals surface area contributed by atoms with Gasteiger partial charge in [-0.3, -0.25) is 9.36 Å². The third-order valence-electron chi connectivity index (χ3n) is 6.38. The van der Waals surface area contributed by atoms with E-state index in [0.717, 1.165) is 21.9 Å². The van der Waals surface area contributed by atoms with Crippen LogP contribution in [0.25, 0.3) is 0 Å². The molecule has 252 valence electrons. The summed E-state index contributed by atoms with van der Waals surface area (Å²) in [6, 6.07) is 9.39. The maximum Gasteiger partial charge on any atom is 0.613 e. The molecule has 0 aliphatic carbocycles. The summed E-state index contributed by atoms with van der Waals surface area (Å²) < 4.78 is 50.4. The van der Waals surface area contributed by atoms with Crippen LogP contribution in [0.15, 0.2) is 47.4 Å². The normalized spacial score (nSPS) is 20.8. The molecule has 3 rings (SSSR count). The van der Waals surface area contributed by atoms with Gasteiger partial charge in [0, 0.05) is 17.4 Å². The number of halogens is 1. The van der Waals surface area contributed by atoms with E-state index in [1.54, 1.807) is 48.5 Å². The molecule has 6 atom stereocenters. The molecule has 1 aliphatic rings. The number of imide groups is 1. The largest absolute Gasteiger partial charge is 0.613 e. The van der Waals surface area contributed by atoms with E-state index in [-0.39, 0.29) is 19.0 Å². The molecule has 2 aromatic rings. The molecular weight excluding hydrogens is 642 g/mol. The van der Waals surface area contributed by atoms with E-state index in [0.29, 0.717) is 4.90 Å². The van der Waals surface area contributed by atoms with Crippen molar-refractivity contribution in [2.24, 2.45) is 5.92 Å². The van der Waals surface area contributed by atoms with Gasteiger partial charge < -0.3 is 14.2 Å². The molecule has 2 amide bonds. The molecule has 1 aromatic heterocycles. The summed E-state index contributed by atoms with van der Waals surface area (Å²) in [4.78, 5) is 55.6. The van der Waals surface area contributed by atoms with Crippen molar-refractivity contribution < 1.29 is 42.1 Å². The molecule has 46 heavy (non-hydrogen) atoms. The smallest absolute Gasteiger partial charge is 0.460 e. The number of thioether (sulfide) groups is 1. The van der Waals surface area contributed by atoms with Crippen LogP contribution in [0.5, 0.6) is 0 Å². The topological polar surface area (TPSA) is 155 Å². The number of aromatic nitrogens is 2. The molecule has 1 saturated heterocycles. The number of nitrogens with zero attached hydrogens (tertiary/aromatic N) is 3. The zero-order chi connectivity index (χ0) is 34.4. The van der Waals surface area contributed by atoms with Crippen LogP contribution in [0.4, 0.5) is 19.8 Å². The van der Waals surface area contributed by atoms with Crippen molar-refractivity contribution in [1.82, 2.24) is 14.6 Å². The molecule has 16 heteroatoms. The Hall–Kier alpha value is -3.39. The summed E-state index contributed by atoms with van der Waals surface area (Å²) in [6.07, 6.45) is -2.48. The Morgan fingerprint density at radius 3 is 2.20 bits per heavy atom. The van der Waals surface area contributed by atoms with Crippen molar-refractivity contribution in [1.29, 1.82) is 0 Å². The van der Waals surface area contributed by atoms with Crippen LogP contribution in [0, 0.1) is 5.92 Å². The first-order valence-electron chi connectivity index (χ1n) is 14.6. The van der Waals surface area contributed by atoms with Gasteiger partial charge in [0.25, 0.3) is 0 Å². The molecular formula is C30H41FN4O9PS+. The molecule has 1 fully saturated rings. The third kappa shape index (κ3) is 10.6. The predicted octanol–water partition coefficient (Wildman–Crippen LogP) is 5.90. The van der Waals surface area contributed by atoms with Gasteiger partial charge in [0.15, 0.2) is 5.82 Å². The average molecular weight is 684 g/mol. The zero-order valence-electron chi connectivity index (χ0n) is 27.1. The molecule has 1 unspecified atom stereocenters. The van der Waals surface area contributed by atoms with E-state index >= 15 is 4.39 Å². The standard InChI is InChI=1S/C30H41FN4O9PS/c1-18-21(17-42-45(40)33-19(2)25(36)41-16-20-12-10-9-11-13-20)46-24(23(18)31)34-15-14-22(32-26(34)37)35(27(38)43-29(3,4)5)28(39)44-30(6,7)8/h9-15,18-19,21,23-24H,16-17H2,1-8H3,(H,33,40)/q+1/t18-,19+,21-,23+,24-/m1/s1. The van der Waals surface area contributed by atoms with Crippen molar-refractivity contribution >= 4 is 43.9 Å². The fourth-order valence-electron chi connectivity index (χ4n) is 4.09. The summed E-state index contributed by atoms with van der Waals surface area (Å²) in [7, 11) is -2.50. The number of carbonyl (C=O) groups excluding carboxylic acids is 3. The van der Waals surface area contributed by atoms with Crippen LogP contribution < -0.4 is 15.7 Å². The van der Waals surface area contributed by atoms with Crippen molar-refractivity contribution in [3.8, 4) is 0 Å². The lowest BCUT2D eigenvalue weighted by atomic mass is 10.0. The van der Waals surface area contributed by atoms with E-state index in [9.17, 15) is 23.7 Å². The van der Waals surface area contributed by atoms with E-state index < -0.39 is 72.0 Å². The molecule has 1 N–H and O–H groups in total. The quantitative estimate of drug-likeness (QED) is 0.180. The molecule has 0 bridgehead atoms. The zero-order valence-corrected chi connectivity index (χ0v) is 28.8. The first-order valence-corrected chi connectivity index (χ1v) is 16.7. The monoisotopic (exact) mass is 683 g/mol. The SMILES string of the molecule is C[C@H]1[C@H](F)[C@H](n2ccc(N(C(=O)OC(C)(C)C)C(=O)OC(C)(C)C)nc2=O)S[C@@H]1CO[P+](=O)N[C@@H](C)C(=O)OCc1ccccc1. The molecule has 0 saturated carbocycles. The average Bonchev–Trinajstić information content (AvgIpc) is 3.22. The van der Waals surface area contributed by atoms with Gasteiger partial charge in [-0.1, -0.05) is 42.3 Å². The fourth-order valence-corrected chi connectivity index (χ4v) is 6.58. The third-order valence-corrected chi connectivity index (χ3v) is 9.04. The van der Waals surface area contributed by atoms with Gasteiger partial charge in [-0.15, -0.1) is 16.3 Å². The van der Waals surface area contributed by atoms with Crippen LogP contribution in [-0.2, 0) is 34.7 Å². The highest BCUT2D eigenvalue weighted by Crippen LogP contribution is 2.47. The Kier molecular flexibility index (Phi) is 12.5. The second-order valence-electron chi connectivity index (χ2n) is 12.6. The van der Waals surface area contributed by atoms with Crippen LogP contribution >= 0.6 is 19.9 Å². The molecule has 2 heterocycles. The van der Waals surface area contributed by atoms with Gasteiger partial charge in [0.05, 0.1) is 0 Å². The van der Waals surface area contributed by atoms with Gasteiger partial charge in [-0.2, -0.15) is 9.88 Å². The van der Waals surface area contributed by atoms with E-state index in [2.05, 4.69) is 10.1 Å². The summed E-state index contributed by atoms with van der Waals surface area (Å²) in [5, 5.41) is 1.02. The minimum absolute atomic E-state index is 0.0636. The number of esters is 1. The Morgan fingerprint density at radius 2 is 1.65 bits per heavy atom. The number of hydrogen-bond donors (Lipinski definition) is 1. The first kappa shape index (κ1) is 37.1. The highest BCUT2D eigenvalue weighted by molar-refractivity contribution is 8.00. The number of alkyl halides is 1. The number of rotatable bonds is 10. The van der Waals surface area contributed by atoms with E-state index in [1.165, 1.54) is 19.2 Å². The minimum atomic E-state index is -2.50. The fraction of sp³-hybridized carbons (Fsp3) is 0.567. The van der Waals surface area contributed by atoms with Gasteiger partial charge in [-0.05, 0) is 64.7 Å². The van der Waals surface area contributed by atoms with Gasteiger partial charge in [0.1, 0.15) is 42.0 Å². The predicted molar refractivity (Wildman–Crippen MR) is 170 cm³/mol. The maximum atomic E-state index is 15.5. The number of ether oxygens (including phenoxy) is 3. The summed E-state index contributed by atoms with van der Waals surface area (Å²) in [6.45, 7) is 12.7. The lowest BCUT2D eigenvalue weighted by Gasteiger charge is -2.28. The lowest BCUT2D eigenvalue weighted by Crippen LogP contribution is -2.45. The van der Waals surface area contributed by atoms with Gasteiger partial charge in [-0.25, -0.2) is 18.8 Å². The first-order chi connectivity index (χ1) is 21.4. The highest BCUT2D eigenvalue weighted by Gasteiger charge is 2.45. The number of amides is 2. The molecule has 1 aromatic carbocycles.